The molecule has 0 saturated heterocycles. The van der Waals surface area contributed by atoms with E-state index in [0.717, 1.165) is 24.3 Å². The Morgan fingerprint density at radius 3 is 2.52 bits per heavy atom. The van der Waals surface area contributed by atoms with Gasteiger partial charge in [0.2, 0.25) is 0 Å². The van der Waals surface area contributed by atoms with Crippen LogP contribution in [0.4, 0.5) is 5.69 Å². The first-order chi connectivity index (χ1) is 11.1. The predicted molar refractivity (Wildman–Crippen MR) is 91.2 cm³/mol. The summed E-state index contributed by atoms with van der Waals surface area (Å²) in [4.78, 5) is 8.51. The molecule has 0 saturated carbocycles. The minimum atomic E-state index is 0.363. The smallest absolute Gasteiger partial charge is 0.193 e. The summed E-state index contributed by atoms with van der Waals surface area (Å²) in [5.74, 6) is 1.74. The lowest BCUT2D eigenvalue weighted by molar-refractivity contribution is 0.395. The maximum absolute atomic E-state index is 5.91. The number of aryl methyl sites for hydroxylation is 2. The molecule has 1 aromatic heterocycles. The molecule has 7 heteroatoms. The van der Waals surface area contributed by atoms with Gasteiger partial charge in [0.25, 0.3) is 0 Å². The Hall–Kier alpha value is -2.70. The summed E-state index contributed by atoms with van der Waals surface area (Å²) < 4.78 is 12.5. The normalized spacial score (nSPS) is 11.3. The number of aromatic nitrogens is 2. The molecule has 0 aliphatic heterocycles. The molecule has 124 valence electrons. The lowest BCUT2D eigenvalue weighted by Crippen LogP contribution is -2.23. The third-order valence-electron chi connectivity index (χ3n) is 3.24. The summed E-state index contributed by atoms with van der Waals surface area (Å²) in [7, 11) is 3.21. The van der Waals surface area contributed by atoms with Crippen molar-refractivity contribution in [2.75, 3.05) is 26.1 Å². The summed E-state index contributed by atoms with van der Waals surface area (Å²) in [5, 5.41) is 3.04. The number of methoxy groups -OCH3 is 2. The zero-order valence-corrected chi connectivity index (χ0v) is 13.7. The molecule has 0 aliphatic carbocycles. The van der Waals surface area contributed by atoms with E-state index in [1.807, 2.05) is 36.1 Å². The first-order valence-electron chi connectivity index (χ1n) is 7.39. The number of ether oxygens (including phenoxy) is 2. The molecule has 0 bridgehead atoms. The molecule has 23 heavy (non-hydrogen) atoms. The van der Waals surface area contributed by atoms with Gasteiger partial charge >= 0.3 is 0 Å². The Labute approximate surface area is 136 Å². The summed E-state index contributed by atoms with van der Waals surface area (Å²) in [6.07, 6.45) is 4.72. The first kappa shape index (κ1) is 16.7. The van der Waals surface area contributed by atoms with Crippen LogP contribution in [0.1, 0.15) is 12.1 Å². The predicted octanol–water partition coefficient (Wildman–Crippen LogP) is 2.03. The van der Waals surface area contributed by atoms with Crippen LogP contribution in [0, 0.1) is 6.92 Å². The Kier molecular flexibility index (Phi) is 5.85. The fourth-order valence-corrected chi connectivity index (χ4v) is 2.11. The molecule has 0 amide bonds. The van der Waals surface area contributed by atoms with Gasteiger partial charge < -0.3 is 25.1 Å². The molecule has 0 radical (unpaired) electrons. The quantitative estimate of drug-likeness (QED) is 0.463. The number of imidazole rings is 1. The van der Waals surface area contributed by atoms with E-state index in [1.165, 1.54) is 0 Å². The number of benzene rings is 1. The van der Waals surface area contributed by atoms with Gasteiger partial charge in [0.1, 0.15) is 11.5 Å². The number of aliphatic imine (C=N–C) groups is 1. The first-order valence-corrected chi connectivity index (χ1v) is 7.39. The van der Waals surface area contributed by atoms with E-state index in [1.54, 1.807) is 20.3 Å². The number of guanidine groups is 1. The molecule has 3 N–H and O–H groups in total. The van der Waals surface area contributed by atoms with Crippen LogP contribution in [0.2, 0.25) is 0 Å². The van der Waals surface area contributed by atoms with Crippen molar-refractivity contribution in [3.8, 4) is 11.5 Å². The van der Waals surface area contributed by atoms with Crippen LogP contribution >= 0.6 is 0 Å². The van der Waals surface area contributed by atoms with Crippen molar-refractivity contribution >= 4 is 11.6 Å². The maximum Gasteiger partial charge on any atom is 0.193 e. The fraction of sp³-hybridized carbons (Fsp3) is 0.375. The minimum absolute atomic E-state index is 0.363. The Balaban J connectivity index is 1.86. The second-order valence-electron chi connectivity index (χ2n) is 5.10. The number of nitrogens with one attached hydrogen (secondary N) is 1. The van der Waals surface area contributed by atoms with E-state index >= 15 is 0 Å². The molecule has 2 rings (SSSR count). The highest BCUT2D eigenvalue weighted by Gasteiger charge is 2.03. The summed E-state index contributed by atoms with van der Waals surface area (Å²) in [5.41, 5.74) is 7.70. The van der Waals surface area contributed by atoms with Crippen molar-refractivity contribution in [2.24, 2.45) is 10.7 Å². The monoisotopic (exact) mass is 317 g/mol. The van der Waals surface area contributed by atoms with Crippen molar-refractivity contribution in [3.63, 3.8) is 0 Å². The van der Waals surface area contributed by atoms with Crippen molar-refractivity contribution < 1.29 is 9.47 Å². The Morgan fingerprint density at radius 1 is 1.26 bits per heavy atom. The van der Waals surface area contributed by atoms with Crippen molar-refractivity contribution in [3.05, 3.63) is 36.4 Å². The van der Waals surface area contributed by atoms with Crippen LogP contribution in [0.5, 0.6) is 11.5 Å². The molecule has 0 atom stereocenters. The van der Waals surface area contributed by atoms with Gasteiger partial charge in [0.05, 0.1) is 26.2 Å². The van der Waals surface area contributed by atoms with E-state index in [-0.39, 0.29) is 0 Å². The highest BCUT2D eigenvalue weighted by atomic mass is 16.5. The lowest BCUT2D eigenvalue weighted by Gasteiger charge is -2.10. The van der Waals surface area contributed by atoms with Crippen molar-refractivity contribution in [2.45, 2.75) is 19.9 Å². The number of hydrogen-bond donors (Lipinski definition) is 2. The van der Waals surface area contributed by atoms with E-state index in [2.05, 4.69) is 15.3 Å². The van der Waals surface area contributed by atoms with Gasteiger partial charge in [-0.2, -0.15) is 0 Å². The number of hydrogen-bond acceptors (Lipinski definition) is 4. The molecule has 1 heterocycles. The zero-order chi connectivity index (χ0) is 16.7. The molecule has 2 aromatic rings. The lowest BCUT2D eigenvalue weighted by atomic mass is 10.3. The van der Waals surface area contributed by atoms with Crippen LogP contribution in [0.3, 0.4) is 0 Å². The summed E-state index contributed by atoms with van der Waals surface area (Å²) >= 11 is 0. The van der Waals surface area contributed by atoms with Gasteiger partial charge in [0.15, 0.2) is 5.96 Å². The molecule has 0 aliphatic rings. The average molecular weight is 317 g/mol. The number of anilines is 1. The highest BCUT2D eigenvalue weighted by molar-refractivity contribution is 5.92. The minimum Gasteiger partial charge on any atom is -0.497 e. The maximum atomic E-state index is 5.91. The van der Waals surface area contributed by atoms with Gasteiger partial charge in [-0.1, -0.05) is 0 Å². The van der Waals surface area contributed by atoms with Gasteiger partial charge in [0, 0.05) is 43.2 Å². The fourth-order valence-electron chi connectivity index (χ4n) is 2.11. The standard InChI is InChI=1S/C16H23N5O2/c1-12-10-21(11-19-12)6-4-5-18-16(17)20-13-7-14(22-2)9-15(8-13)23-3/h7-11H,4-6H2,1-3H3,(H3,17,18,20). The topological polar surface area (TPSA) is 86.7 Å². The zero-order valence-electron chi connectivity index (χ0n) is 13.7. The molecule has 7 nitrogen and oxygen atoms in total. The van der Waals surface area contributed by atoms with Gasteiger partial charge in [-0.05, 0) is 13.3 Å². The second kappa shape index (κ2) is 8.07. The van der Waals surface area contributed by atoms with Crippen molar-refractivity contribution in [1.82, 2.24) is 9.55 Å². The molecular formula is C16H23N5O2. The number of rotatable bonds is 7. The Morgan fingerprint density at radius 2 is 1.96 bits per heavy atom. The van der Waals surface area contributed by atoms with E-state index < -0.39 is 0 Å². The average Bonchev–Trinajstić information content (AvgIpc) is 2.96. The molecule has 0 spiro atoms. The highest BCUT2D eigenvalue weighted by Crippen LogP contribution is 2.25. The molecular weight excluding hydrogens is 294 g/mol. The number of nitrogens with zero attached hydrogens (tertiary/aromatic N) is 3. The van der Waals surface area contributed by atoms with Crippen LogP contribution in [0.25, 0.3) is 0 Å². The molecule has 0 unspecified atom stereocenters. The SMILES string of the molecule is COc1cc(NC(N)=NCCCn2cnc(C)c2)cc(OC)c1. The van der Waals surface area contributed by atoms with Gasteiger partial charge in [-0.25, -0.2) is 4.98 Å². The van der Waals surface area contributed by atoms with E-state index in [0.29, 0.717) is 24.0 Å². The summed E-state index contributed by atoms with van der Waals surface area (Å²) in [6.45, 7) is 3.47. The van der Waals surface area contributed by atoms with Crippen LogP contribution in [-0.4, -0.2) is 36.3 Å². The third kappa shape index (κ3) is 5.21. The van der Waals surface area contributed by atoms with Crippen molar-refractivity contribution in [1.29, 1.82) is 0 Å². The van der Waals surface area contributed by atoms with Crippen LogP contribution in [-0.2, 0) is 6.54 Å². The third-order valence-corrected chi connectivity index (χ3v) is 3.24. The Bertz CT molecular complexity index is 644. The summed E-state index contributed by atoms with van der Waals surface area (Å²) in [6, 6.07) is 5.46. The van der Waals surface area contributed by atoms with E-state index in [4.69, 9.17) is 15.2 Å². The molecule has 0 fully saturated rings. The molecule has 1 aromatic carbocycles. The van der Waals surface area contributed by atoms with Crippen LogP contribution in [0.15, 0.2) is 35.7 Å². The van der Waals surface area contributed by atoms with Gasteiger partial charge in [-0.15, -0.1) is 0 Å². The number of nitrogens with two attached hydrogens (primary N) is 1. The largest absolute Gasteiger partial charge is 0.497 e. The van der Waals surface area contributed by atoms with Gasteiger partial charge in [-0.3, -0.25) is 4.99 Å². The van der Waals surface area contributed by atoms with Crippen LogP contribution < -0.4 is 20.5 Å². The second-order valence-corrected chi connectivity index (χ2v) is 5.10. The van der Waals surface area contributed by atoms with E-state index in [9.17, 15) is 0 Å².